The molecule has 4 rings (SSSR count). The van der Waals surface area contributed by atoms with Crippen LogP contribution in [0.1, 0.15) is 24.8 Å². The molecule has 0 spiro atoms. The fourth-order valence-corrected chi connectivity index (χ4v) is 4.38. The Morgan fingerprint density at radius 1 is 1.35 bits per heavy atom. The van der Waals surface area contributed by atoms with Crippen LogP contribution in [-0.2, 0) is 14.3 Å². The molecule has 2 fully saturated rings. The molecule has 6 nitrogen and oxygen atoms in total. The average Bonchev–Trinajstić information content (AvgIpc) is 2.65. The fraction of sp³-hybridized carbons (Fsp3) is 0.500. The lowest BCUT2D eigenvalue weighted by Crippen LogP contribution is -2.65. The number of rotatable bonds is 3. The molecule has 3 aliphatic rings. The van der Waals surface area contributed by atoms with Crippen LogP contribution in [0.25, 0.3) is 0 Å². The summed E-state index contributed by atoms with van der Waals surface area (Å²) in [5.74, 6) is -0.404. The molecule has 3 atom stereocenters. The van der Waals surface area contributed by atoms with Gasteiger partial charge < -0.3 is 19.3 Å². The maximum absolute atomic E-state index is 13.3. The van der Waals surface area contributed by atoms with Gasteiger partial charge in [0.1, 0.15) is 11.7 Å². The van der Waals surface area contributed by atoms with Gasteiger partial charge in [0.2, 0.25) is 11.8 Å². The van der Waals surface area contributed by atoms with Gasteiger partial charge >= 0.3 is 0 Å². The van der Waals surface area contributed by atoms with Crippen LogP contribution in [0.2, 0.25) is 0 Å². The highest BCUT2D eigenvalue weighted by molar-refractivity contribution is 6.02. The van der Waals surface area contributed by atoms with Crippen molar-refractivity contribution in [3.63, 3.8) is 0 Å². The first-order valence-electron chi connectivity index (χ1n) is 9.12. The molecule has 2 amide bonds. The van der Waals surface area contributed by atoms with Crippen LogP contribution >= 0.6 is 0 Å². The van der Waals surface area contributed by atoms with E-state index in [1.807, 2.05) is 31.2 Å². The molecule has 1 aromatic rings. The molecule has 138 valence electrons. The van der Waals surface area contributed by atoms with Crippen LogP contribution in [0.3, 0.4) is 0 Å². The summed E-state index contributed by atoms with van der Waals surface area (Å²) in [7, 11) is 0. The zero-order valence-electron chi connectivity index (χ0n) is 15.0. The fourth-order valence-electron chi connectivity index (χ4n) is 4.38. The van der Waals surface area contributed by atoms with E-state index in [9.17, 15) is 9.59 Å². The summed E-state index contributed by atoms with van der Waals surface area (Å²) in [5, 5.41) is 0. The first kappa shape index (κ1) is 17.1. The summed E-state index contributed by atoms with van der Waals surface area (Å²) in [6.07, 6.45) is 2.29. The molecule has 2 bridgehead atoms. The lowest BCUT2D eigenvalue weighted by atomic mass is 9.73. The lowest BCUT2D eigenvalue weighted by Gasteiger charge is -2.53. The largest absolute Gasteiger partial charge is 0.468 e. The molecule has 0 radical (unpaired) electrons. The minimum Gasteiger partial charge on any atom is -0.468 e. The lowest BCUT2D eigenvalue weighted by molar-refractivity contribution is -0.177. The number of nitrogens with zero attached hydrogens (tertiary/aromatic N) is 2. The maximum Gasteiger partial charge on any atom is 0.239 e. The first-order chi connectivity index (χ1) is 12.5. The number of ether oxygens (including phenoxy) is 2. The van der Waals surface area contributed by atoms with Crippen LogP contribution < -0.4 is 4.74 Å². The van der Waals surface area contributed by atoms with Crippen molar-refractivity contribution in [2.75, 3.05) is 32.8 Å². The minimum absolute atomic E-state index is 0.101. The zero-order chi connectivity index (χ0) is 18.3. The zero-order valence-corrected chi connectivity index (χ0v) is 15.0. The van der Waals surface area contributed by atoms with Crippen LogP contribution in [0.5, 0.6) is 5.75 Å². The maximum atomic E-state index is 13.3. The Morgan fingerprint density at radius 3 is 2.81 bits per heavy atom. The third kappa shape index (κ3) is 2.60. The third-order valence-corrected chi connectivity index (χ3v) is 5.65. The molecule has 26 heavy (non-hydrogen) atoms. The molecule has 6 heteroatoms. The van der Waals surface area contributed by atoms with Crippen LogP contribution in [0, 0.1) is 5.92 Å². The molecule has 3 heterocycles. The standard InChI is InChI=1S/C20H24N2O4/c1-3-8-22-19(24)17(18(23)21-9-11-25-12-10-21)15-13-20(22,2)26-16-7-5-4-6-14(15)16/h3-7,15,17H,1,8-13H2,2H3/t15-,17+,20+/m0/s1. The SMILES string of the molecule is C=CCN1C(=O)[C@@H](C(=O)N2CCOCC2)[C@H]2C[C@@]1(C)Oc1ccccc12. The number of para-hydroxylation sites is 1. The number of piperidine rings is 1. The van der Waals surface area contributed by atoms with E-state index in [4.69, 9.17) is 9.47 Å². The van der Waals surface area contributed by atoms with Gasteiger partial charge in [-0.25, -0.2) is 0 Å². The van der Waals surface area contributed by atoms with Gasteiger partial charge in [-0.05, 0) is 18.6 Å². The molecule has 0 unspecified atom stereocenters. The van der Waals surface area contributed by atoms with E-state index in [-0.39, 0.29) is 17.7 Å². The van der Waals surface area contributed by atoms with Gasteiger partial charge in [-0.2, -0.15) is 0 Å². The van der Waals surface area contributed by atoms with E-state index in [0.29, 0.717) is 39.3 Å². The molecule has 0 saturated carbocycles. The topological polar surface area (TPSA) is 59.1 Å². The summed E-state index contributed by atoms with van der Waals surface area (Å²) in [4.78, 5) is 30.1. The molecule has 0 N–H and O–H groups in total. The molecule has 1 aromatic carbocycles. The van der Waals surface area contributed by atoms with Crippen molar-refractivity contribution in [3.05, 3.63) is 42.5 Å². The molecular weight excluding hydrogens is 332 g/mol. The monoisotopic (exact) mass is 356 g/mol. The number of hydrogen-bond donors (Lipinski definition) is 0. The normalized spacial score (nSPS) is 30.4. The van der Waals surface area contributed by atoms with Gasteiger partial charge in [-0.1, -0.05) is 24.3 Å². The number of morpholine rings is 1. The second kappa shape index (κ2) is 6.43. The Morgan fingerprint density at radius 2 is 2.08 bits per heavy atom. The van der Waals surface area contributed by atoms with E-state index in [2.05, 4.69) is 6.58 Å². The van der Waals surface area contributed by atoms with Crippen molar-refractivity contribution in [3.8, 4) is 5.75 Å². The molecule has 0 aromatic heterocycles. The second-order valence-electron chi connectivity index (χ2n) is 7.28. The van der Waals surface area contributed by atoms with Crippen LogP contribution in [0.15, 0.2) is 36.9 Å². The Balaban J connectivity index is 1.76. The van der Waals surface area contributed by atoms with E-state index in [1.165, 1.54) is 0 Å². The van der Waals surface area contributed by atoms with Crippen molar-refractivity contribution in [1.29, 1.82) is 0 Å². The number of hydrogen-bond acceptors (Lipinski definition) is 4. The van der Waals surface area contributed by atoms with Crippen molar-refractivity contribution in [2.45, 2.75) is 25.0 Å². The number of carbonyl (C=O) groups excluding carboxylic acids is 2. The van der Waals surface area contributed by atoms with Gasteiger partial charge in [0.25, 0.3) is 0 Å². The summed E-state index contributed by atoms with van der Waals surface area (Å²) < 4.78 is 11.6. The average molecular weight is 356 g/mol. The molecule has 3 aliphatic heterocycles. The predicted molar refractivity (Wildman–Crippen MR) is 95.6 cm³/mol. The molecule has 2 saturated heterocycles. The number of likely N-dealkylation sites (tertiary alicyclic amines) is 1. The Labute approximate surface area is 153 Å². The van der Waals surface area contributed by atoms with E-state index >= 15 is 0 Å². The van der Waals surface area contributed by atoms with Gasteiger partial charge in [-0.3, -0.25) is 9.59 Å². The third-order valence-electron chi connectivity index (χ3n) is 5.65. The highest BCUT2D eigenvalue weighted by Gasteiger charge is 2.56. The summed E-state index contributed by atoms with van der Waals surface area (Å²) in [6, 6.07) is 7.73. The van der Waals surface area contributed by atoms with Gasteiger partial charge in [0.15, 0.2) is 5.72 Å². The highest BCUT2D eigenvalue weighted by atomic mass is 16.5. The van der Waals surface area contributed by atoms with Gasteiger partial charge in [0.05, 0.1) is 13.2 Å². The molecular formula is C20H24N2O4. The predicted octanol–water partition coefficient (Wildman–Crippen LogP) is 1.77. The summed E-state index contributed by atoms with van der Waals surface area (Å²) in [5.41, 5.74) is 0.190. The Hall–Kier alpha value is -2.34. The van der Waals surface area contributed by atoms with Crippen molar-refractivity contribution in [2.24, 2.45) is 5.92 Å². The van der Waals surface area contributed by atoms with E-state index in [0.717, 1.165) is 11.3 Å². The van der Waals surface area contributed by atoms with Crippen molar-refractivity contribution >= 4 is 11.8 Å². The molecule has 0 aliphatic carbocycles. The quantitative estimate of drug-likeness (QED) is 0.612. The number of fused-ring (bicyclic) bond motifs is 4. The number of carbonyl (C=O) groups is 2. The number of benzene rings is 1. The Bertz CT molecular complexity index is 743. The van der Waals surface area contributed by atoms with Gasteiger partial charge in [-0.15, -0.1) is 6.58 Å². The minimum atomic E-state index is -0.758. The van der Waals surface area contributed by atoms with E-state index in [1.54, 1.807) is 15.9 Å². The highest BCUT2D eigenvalue weighted by Crippen LogP contribution is 2.50. The number of amides is 2. The van der Waals surface area contributed by atoms with Crippen LogP contribution in [0.4, 0.5) is 0 Å². The summed E-state index contributed by atoms with van der Waals surface area (Å²) >= 11 is 0. The van der Waals surface area contributed by atoms with Gasteiger partial charge in [0, 0.05) is 32.0 Å². The van der Waals surface area contributed by atoms with Crippen molar-refractivity contribution in [1.82, 2.24) is 9.80 Å². The van der Waals surface area contributed by atoms with Crippen molar-refractivity contribution < 1.29 is 19.1 Å². The second-order valence-corrected chi connectivity index (χ2v) is 7.28. The van der Waals surface area contributed by atoms with E-state index < -0.39 is 11.6 Å². The Kier molecular flexibility index (Phi) is 4.23. The first-order valence-corrected chi connectivity index (χ1v) is 9.12. The van der Waals surface area contributed by atoms with Crippen LogP contribution in [-0.4, -0.2) is 60.2 Å². The smallest absolute Gasteiger partial charge is 0.239 e. The summed E-state index contributed by atoms with van der Waals surface area (Å²) in [6.45, 7) is 8.16.